The lowest BCUT2D eigenvalue weighted by Crippen LogP contribution is -2.32. The Morgan fingerprint density at radius 1 is 1.17 bits per heavy atom. The van der Waals surface area contributed by atoms with E-state index in [0.717, 1.165) is 19.5 Å². The summed E-state index contributed by atoms with van der Waals surface area (Å²) in [6.07, 6.45) is 1.09. The van der Waals surface area contributed by atoms with Crippen LogP contribution in [0.3, 0.4) is 0 Å². The normalized spacial score (nSPS) is 10.1. The van der Waals surface area contributed by atoms with E-state index in [4.69, 9.17) is 9.47 Å². The number of methoxy groups -OCH3 is 1. The van der Waals surface area contributed by atoms with Crippen molar-refractivity contribution in [2.75, 3.05) is 33.4 Å². The van der Waals surface area contributed by atoms with E-state index in [1.54, 1.807) is 25.3 Å². The van der Waals surface area contributed by atoms with E-state index in [1.165, 1.54) is 0 Å². The fourth-order valence-electron chi connectivity index (χ4n) is 1.85. The zero-order chi connectivity index (χ0) is 16.4. The van der Waals surface area contributed by atoms with Gasteiger partial charge < -0.3 is 20.1 Å². The van der Waals surface area contributed by atoms with Gasteiger partial charge in [-0.15, -0.1) is 12.4 Å². The van der Waals surface area contributed by atoms with Crippen molar-refractivity contribution in [2.24, 2.45) is 5.92 Å². The minimum Gasteiger partial charge on any atom is -0.493 e. The number of benzene rings is 1. The second kappa shape index (κ2) is 12.0. The van der Waals surface area contributed by atoms with Crippen molar-refractivity contribution in [3.05, 3.63) is 23.8 Å². The number of halogens is 1. The molecule has 23 heavy (non-hydrogen) atoms. The molecule has 0 aliphatic rings. The molecule has 0 heterocycles. The molecular formula is C17H29ClN2O3. The molecule has 0 radical (unpaired) electrons. The number of carbonyl (C=O) groups is 1. The van der Waals surface area contributed by atoms with Crippen LogP contribution in [0.25, 0.3) is 0 Å². The van der Waals surface area contributed by atoms with Gasteiger partial charge in [0.05, 0.1) is 13.7 Å². The third-order valence-corrected chi connectivity index (χ3v) is 3.01. The molecule has 0 bridgehead atoms. The van der Waals surface area contributed by atoms with Crippen LogP contribution in [0.1, 0.15) is 37.6 Å². The van der Waals surface area contributed by atoms with Gasteiger partial charge in [-0.3, -0.25) is 4.79 Å². The van der Waals surface area contributed by atoms with Crippen LogP contribution in [-0.4, -0.2) is 39.3 Å². The Labute approximate surface area is 145 Å². The first-order chi connectivity index (χ1) is 10.6. The van der Waals surface area contributed by atoms with Crippen molar-refractivity contribution in [2.45, 2.75) is 27.2 Å². The summed E-state index contributed by atoms with van der Waals surface area (Å²) in [7, 11) is 1.58. The maximum absolute atomic E-state index is 12.1. The Kier molecular flexibility index (Phi) is 11.3. The van der Waals surface area contributed by atoms with Crippen LogP contribution in [0.4, 0.5) is 0 Å². The minimum atomic E-state index is -0.105. The number of ether oxygens (including phenoxy) is 2. The highest BCUT2D eigenvalue weighted by Gasteiger charge is 2.11. The summed E-state index contributed by atoms with van der Waals surface area (Å²) in [5.41, 5.74) is 0.573. The first-order valence-corrected chi connectivity index (χ1v) is 7.88. The summed E-state index contributed by atoms with van der Waals surface area (Å²) in [6, 6.07) is 5.25. The molecule has 1 rings (SSSR count). The van der Waals surface area contributed by atoms with Gasteiger partial charge in [-0.05, 0) is 37.1 Å². The lowest BCUT2D eigenvalue weighted by Gasteiger charge is -2.13. The molecule has 0 spiro atoms. The highest BCUT2D eigenvalue weighted by Crippen LogP contribution is 2.28. The molecule has 0 atom stereocenters. The topological polar surface area (TPSA) is 59.6 Å². The van der Waals surface area contributed by atoms with Gasteiger partial charge in [0.15, 0.2) is 11.5 Å². The monoisotopic (exact) mass is 344 g/mol. The number of amides is 1. The van der Waals surface area contributed by atoms with Gasteiger partial charge >= 0.3 is 0 Å². The van der Waals surface area contributed by atoms with E-state index in [9.17, 15) is 4.79 Å². The average Bonchev–Trinajstić information content (AvgIpc) is 2.52. The molecule has 1 aromatic carbocycles. The Morgan fingerprint density at radius 3 is 2.52 bits per heavy atom. The highest BCUT2D eigenvalue weighted by molar-refractivity contribution is 5.94. The Bertz CT molecular complexity index is 467. The van der Waals surface area contributed by atoms with Crippen LogP contribution in [0.5, 0.6) is 11.5 Å². The molecular weight excluding hydrogens is 316 g/mol. The van der Waals surface area contributed by atoms with Gasteiger partial charge in [-0.1, -0.05) is 20.8 Å². The van der Waals surface area contributed by atoms with Crippen LogP contribution in [-0.2, 0) is 0 Å². The predicted molar refractivity (Wildman–Crippen MR) is 96.1 cm³/mol. The molecule has 0 saturated carbocycles. The SMILES string of the molecule is CCCNCCNC(=O)c1ccc(OCC(C)C)c(OC)c1.Cl. The predicted octanol–water partition coefficient (Wildman–Crippen LogP) is 2.88. The first kappa shape index (κ1) is 21.5. The number of carbonyl (C=O) groups excluding carboxylic acids is 1. The Morgan fingerprint density at radius 2 is 1.91 bits per heavy atom. The van der Waals surface area contributed by atoms with Crippen molar-refractivity contribution >= 4 is 18.3 Å². The van der Waals surface area contributed by atoms with Gasteiger partial charge in [-0.2, -0.15) is 0 Å². The number of rotatable bonds is 10. The van der Waals surface area contributed by atoms with E-state index in [1.807, 2.05) is 0 Å². The lowest BCUT2D eigenvalue weighted by atomic mass is 10.2. The van der Waals surface area contributed by atoms with Gasteiger partial charge in [-0.25, -0.2) is 0 Å². The van der Waals surface area contributed by atoms with Gasteiger partial charge in [0.1, 0.15) is 0 Å². The van der Waals surface area contributed by atoms with E-state index in [-0.39, 0.29) is 18.3 Å². The van der Waals surface area contributed by atoms with Crippen LogP contribution in [0.15, 0.2) is 18.2 Å². The largest absolute Gasteiger partial charge is 0.493 e. The maximum Gasteiger partial charge on any atom is 0.251 e. The number of hydrogen-bond donors (Lipinski definition) is 2. The zero-order valence-corrected chi connectivity index (χ0v) is 15.3. The summed E-state index contributed by atoms with van der Waals surface area (Å²) >= 11 is 0. The molecule has 1 aromatic rings. The van der Waals surface area contributed by atoms with Crippen LogP contribution in [0.2, 0.25) is 0 Å². The van der Waals surface area contributed by atoms with Crippen molar-refractivity contribution in [1.29, 1.82) is 0 Å². The molecule has 0 unspecified atom stereocenters. The van der Waals surface area contributed by atoms with E-state index >= 15 is 0 Å². The summed E-state index contributed by atoms with van der Waals surface area (Å²) in [4.78, 5) is 12.1. The molecule has 0 saturated heterocycles. The van der Waals surface area contributed by atoms with Crippen LogP contribution in [0, 0.1) is 5.92 Å². The first-order valence-electron chi connectivity index (χ1n) is 7.88. The number of nitrogens with one attached hydrogen (secondary N) is 2. The van der Waals surface area contributed by atoms with Gasteiger partial charge in [0.2, 0.25) is 0 Å². The summed E-state index contributed by atoms with van der Waals surface area (Å²) in [6.45, 7) is 9.23. The van der Waals surface area contributed by atoms with Gasteiger partial charge in [0.25, 0.3) is 5.91 Å². The van der Waals surface area contributed by atoms with Crippen molar-refractivity contribution in [1.82, 2.24) is 10.6 Å². The second-order valence-electron chi connectivity index (χ2n) is 5.58. The molecule has 132 valence electrons. The third kappa shape index (κ3) is 8.09. The molecule has 0 aromatic heterocycles. The lowest BCUT2D eigenvalue weighted by molar-refractivity contribution is 0.0953. The molecule has 1 amide bonds. The van der Waals surface area contributed by atoms with Crippen molar-refractivity contribution < 1.29 is 14.3 Å². The molecule has 0 fully saturated rings. The third-order valence-electron chi connectivity index (χ3n) is 3.01. The summed E-state index contributed by atoms with van der Waals surface area (Å²) < 4.78 is 11.0. The van der Waals surface area contributed by atoms with E-state index < -0.39 is 0 Å². The standard InChI is InChI=1S/C17H28N2O3.ClH/c1-5-8-18-9-10-19-17(20)14-6-7-15(16(11-14)21-4)22-12-13(2)3;/h6-7,11,13,18H,5,8-10,12H2,1-4H3,(H,19,20);1H. The number of hydrogen-bond acceptors (Lipinski definition) is 4. The Balaban J connectivity index is 0.00000484. The molecule has 6 heteroatoms. The molecule has 0 aliphatic heterocycles. The molecule has 2 N–H and O–H groups in total. The quantitative estimate of drug-likeness (QED) is 0.641. The fraction of sp³-hybridized carbons (Fsp3) is 0.588. The highest BCUT2D eigenvalue weighted by atomic mass is 35.5. The summed E-state index contributed by atoms with van der Waals surface area (Å²) in [5.74, 6) is 1.57. The summed E-state index contributed by atoms with van der Waals surface area (Å²) in [5, 5.41) is 6.12. The minimum absolute atomic E-state index is 0. The molecule has 5 nitrogen and oxygen atoms in total. The van der Waals surface area contributed by atoms with Crippen molar-refractivity contribution in [3.63, 3.8) is 0 Å². The van der Waals surface area contributed by atoms with E-state index in [2.05, 4.69) is 31.4 Å². The van der Waals surface area contributed by atoms with Crippen LogP contribution < -0.4 is 20.1 Å². The fourth-order valence-corrected chi connectivity index (χ4v) is 1.85. The average molecular weight is 345 g/mol. The zero-order valence-electron chi connectivity index (χ0n) is 14.5. The molecule has 0 aliphatic carbocycles. The Hall–Kier alpha value is -1.46. The van der Waals surface area contributed by atoms with Crippen LogP contribution >= 0.6 is 12.4 Å². The maximum atomic E-state index is 12.1. The smallest absolute Gasteiger partial charge is 0.251 e. The van der Waals surface area contributed by atoms with E-state index in [0.29, 0.717) is 36.1 Å². The second-order valence-corrected chi connectivity index (χ2v) is 5.58. The van der Waals surface area contributed by atoms with Crippen molar-refractivity contribution in [3.8, 4) is 11.5 Å². The van der Waals surface area contributed by atoms with Gasteiger partial charge in [0, 0.05) is 18.7 Å².